The second-order valence-electron chi connectivity index (χ2n) is 7.31. The molecule has 1 aliphatic rings. The fourth-order valence-electron chi connectivity index (χ4n) is 3.14. The molecule has 11 heteroatoms. The predicted octanol–water partition coefficient (Wildman–Crippen LogP) is 0.261. The zero-order valence-electron chi connectivity index (χ0n) is 16.0. The predicted molar refractivity (Wildman–Crippen MR) is 99.4 cm³/mol. The van der Waals surface area contributed by atoms with Crippen LogP contribution in [0.25, 0.3) is 5.78 Å². The number of fused-ring (bicyclic) bond motifs is 1. The largest absolute Gasteiger partial charge is 0.450 e. The lowest BCUT2D eigenvalue weighted by molar-refractivity contribution is -0.137. The molecule has 3 heterocycles. The lowest BCUT2D eigenvalue weighted by atomic mass is 10.1. The fourth-order valence-corrected chi connectivity index (χ4v) is 4.87. The van der Waals surface area contributed by atoms with Crippen molar-refractivity contribution >= 4 is 27.5 Å². The van der Waals surface area contributed by atoms with Crippen LogP contribution >= 0.6 is 0 Å². The van der Waals surface area contributed by atoms with Crippen molar-refractivity contribution in [3.63, 3.8) is 0 Å². The standard InChI is InChI=1S/C17H23N5O5S/c1-11(2)8-21(13-5-7-28(25,26)10-13)14(23)9-27-16(24)15-19-17-18-6-4-12(3)22(17)20-15/h4,6,11,13H,5,7-10H2,1-3H3/t13-/m0/s1. The molecule has 10 nitrogen and oxygen atoms in total. The van der Waals surface area contributed by atoms with Gasteiger partial charge in [0.25, 0.3) is 17.5 Å². The van der Waals surface area contributed by atoms with E-state index in [1.54, 1.807) is 19.2 Å². The van der Waals surface area contributed by atoms with E-state index in [4.69, 9.17) is 4.74 Å². The summed E-state index contributed by atoms with van der Waals surface area (Å²) < 4.78 is 30.0. The van der Waals surface area contributed by atoms with Gasteiger partial charge in [-0.25, -0.2) is 22.7 Å². The van der Waals surface area contributed by atoms with Crippen molar-refractivity contribution in [1.29, 1.82) is 0 Å². The number of esters is 1. The summed E-state index contributed by atoms with van der Waals surface area (Å²) in [5.74, 6) is -1.03. The first-order valence-electron chi connectivity index (χ1n) is 9.01. The first-order valence-corrected chi connectivity index (χ1v) is 10.8. The van der Waals surface area contributed by atoms with Crippen molar-refractivity contribution in [1.82, 2.24) is 24.5 Å². The summed E-state index contributed by atoms with van der Waals surface area (Å²) in [5, 5.41) is 4.04. The molecule has 0 bridgehead atoms. The molecule has 1 amide bonds. The first kappa shape index (κ1) is 20.2. The Morgan fingerprint density at radius 3 is 2.75 bits per heavy atom. The number of hydrogen-bond donors (Lipinski definition) is 0. The number of amides is 1. The number of ether oxygens (including phenoxy) is 1. The van der Waals surface area contributed by atoms with E-state index in [1.165, 1.54) is 9.42 Å². The molecule has 0 aromatic carbocycles. The molecule has 28 heavy (non-hydrogen) atoms. The van der Waals surface area contributed by atoms with Crippen molar-refractivity contribution in [2.45, 2.75) is 33.2 Å². The summed E-state index contributed by atoms with van der Waals surface area (Å²) in [4.78, 5) is 34.4. The third kappa shape index (κ3) is 4.46. The highest BCUT2D eigenvalue weighted by Crippen LogP contribution is 2.19. The molecule has 0 spiro atoms. The van der Waals surface area contributed by atoms with Gasteiger partial charge >= 0.3 is 5.97 Å². The number of sulfone groups is 1. The number of aryl methyl sites for hydroxylation is 1. The Kier molecular flexibility index (Phi) is 5.64. The molecule has 1 fully saturated rings. The molecule has 152 valence electrons. The summed E-state index contributed by atoms with van der Waals surface area (Å²) in [6.07, 6.45) is 1.95. The molecule has 2 aromatic rings. The Balaban J connectivity index is 1.67. The van der Waals surface area contributed by atoms with Gasteiger partial charge in [-0.05, 0) is 25.3 Å². The Labute approximate surface area is 162 Å². The van der Waals surface area contributed by atoms with Crippen LogP contribution in [0.4, 0.5) is 0 Å². The van der Waals surface area contributed by atoms with Crippen LogP contribution in [-0.2, 0) is 19.4 Å². The van der Waals surface area contributed by atoms with Crippen LogP contribution in [0.1, 0.15) is 36.6 Å². The molecule has 0 N–H and O–H groups in total. The second-order valence-corrected chi connectivity index (χ2v) is 9.54. The molecule has 0 unspecified atom stereocenters. The number of aromatic nitrogens is 4. The third-order valence-electron chi connectivity index (χ3n) is 4.47. The van der Waals surface area contributed by atoms with Gasteiger partial charge in [-0.3, -0.25) is 4.79 Å². The van der Waals surface area contributed by atoms with Gasteiger partial charge in [-0.1, -0.05) is 13.8 Å². The fraction of sp³-hybridized carbons (Fsp3) is 0.588. The summed E-state index contributed by atoms with van der Waals surface area (Å²) in [7, 11) is -3.13. The van der Waals surface area contributed by atoms with Crippen molar-refractivity contribution in [2.75, 3.05) is 24.7 Å². The maximum atomic E-state index is 12.6. The van der Waals surface area contributed by atoms with Crippen molar-refractivity contribution in [2.24, 2.45) is 5.92 Å². The highest BCUT2D eigenvalue weighted by Gasteiger charge is 2.35. The Bertz CT molecular complexity index is 1000. The van der Waals surface area contributed by atoms with E-state index >= 15 is 0 Å². The monoisotopic (exact) mass is 409 g/mol. The summed E-state index contributed by atoms with van der Waals surface area (Å²) in [5.41, 5.74) is 0.748. The minimum Gasteiger partial charge on any atom is -0.450 e. The molecule has 1 aliphatic heterocycles. The number of nitrogens with zero attached hydrogens (tertiary/aromatic N) is 5. The number of hydrogen-bond acceptors (Lipinski definition) is 8. The van der Waals surface area contributed by atoms with E-state index in [0.717, 1.165) is 5.69 Å². The van der Waals surface area contributed by atoms with Gasteiger partial charge in [0.1, 0.15) is 0 Å². The second kappa shape index (κ2) is 7.82. The maximum Gasteiger partial charge on any atom is 0.378 e. The molecule has 2 aromatic heterocycles. The minimum absolute atomic E-state index is 0.0572. The smallest absolute Gasteiger partial charge is 0.378 e. The van der Waals surface area contributed by atoms with Crippen LogP contribution in [0.5, 0.6) is 0 Å². The van der Waals surface area contributed by atoms with Crippen LogP contribution in [0, 0.1) is 12.8 Å². The van der Waals surface area contributed by atoms with E-state index < -0.39 is 34.4 Å². The third-order valence-corrected chi connectivity index (χ3v) is 6.22. The molecular formula is C17H23N5O5S. The topological polar surface area (TPSA) is 124 Å². The van der Waals surface area contributed by atoms with Gasteiger partial charge < -0.3 is 9.64 Å². The highest BCUT2D eigenvalue weighted by atomic mass is 32.2. The first-order chi connectivity index (χ1) is 13.2. The average molecular weight is 409 g/mol. The van der Waals surface area contributed by atoms with Gasteiger partial charge in [0.2, 0.25) is 0 Å². The van der Waals surface area contributed by atoms with Crippen LogP contribution in [0.2, 0.25) is 0 Å². The van der Waals surface area contributed by atoms with Crippen molar-refractivity contribution in [3.8, 4) is 0 Å². The molecule has 0 aliphatic carbocycles. The van der Waals surface area contributed by atoms with Crippen LogP contribution in [0.3, 0.4) is 0 Å². The van der Waals surface area contributed by atoms with E-state index in [-0.39, 0.29) is 29.0 Å². The normalized spacial score (nSPS) is 18.5. The van der Waals surface area contributed by atoms with Gasteiger partial charge in [-0.2, -0.15) is 4.98 Å². The van der Waals surface area contributed by atoms with E-state index in [0.29, 0.717) is 13.0 Å². The van der Waals surface area contributed by atoms with E-state index in [2.05, 4.69) is 15.1 Å². The lowest BCUT2D eigenvalue weighted by Gasteiger charge is -2.29. The van der Waals surface area contributed by atoms with E-state index in [9.17, 15) is 18.0 Å². The molecular weight excluding hydrogens is 386 g/mol. The number of carbonyl (C=O) groups excluding carboxylic acids is 2. The molecule has 1 atom stereocenters. The Morgan fingerprint density at radius 1 is 1.39 bits per heavy atom. The Hall–Kier alpha value is -2.56. The van der Waals surface area contributed by atoms with Gasteiger partial charge in [0, 0.05) is 24.5 Å². The average Bonchev–Trinajstić information content (AvgIpc) is 3.21. The zero-order valence-corrected chi connectivity index (χ0v) is 16.8. The van der Waals surface area contributed by atoms with Gasteiger partial charge in [0.15, 0.2) is 16.4 Å². The number of carbonyl (C=O) groups is 2. The summed E-state index contributed by atoms with van der Waals surface area (Å²) in [6, 6.07) is 1.33. The zero-order chi connectivity index (χ0) is 20.5. The van der Waals surface area contributed by atoms with Crippen LogP contribution < -0.4 is 0 Å². The van der Waals surface area contributed by atoms with Crippen molar-refractivity contribution in [3.05, 3.63) is 23.8 Å². The SMILES string of the molecule is Cc1ccnc2nc(C(=O)OCC(=O)N(CC(C)C)[C@H]3CCS(=O)(=O)C3)nn12. The number of rotatable bonds is 6. The minimum atomic E-state index is -3.13. The summed E-state index contributed by atoms with van der Waals surface area (Å²) in [6.45, 7) is 5.56. The molecule has 0 saturated carbocycles. The van der Waals surface area contributed by atoms with Gasteiger partial charge in [-0.15, -0.1) is 5.10 Å². The molecule has 3 rings (SSSR count). The van der Waals surface area contributed by atoms with Crippen LogP contribution in [0.15, 0.2) is 12.3 Å². The molecule has 1 saturated heterocycles. The quantitative estimate of drug-likeness (QED) is 0.623. The van der Waals surface area contributed by atoms with Gasteiger partial charge in [0.05, 0.1) is 11.5 Å². The lowest BCUT2D eigenvalue weighted by Crippen LogP contribution is -2.45. The summed E-state index contributed by atoms with van der Waals surface area (Å²) >= 11 is 0. The molecule has 0 radical (unpaired) electrons. The highest BCUT2D eigenvalue weighted by molar-refractivity contribution is 7.91. The van der Waals surface area contributed by atoms with E-state index in [1.807, 2.05) is 13.8 Å². The van der Waals surface area contributed by atoms with Crippen LogP contribution in [-0.4, -0.2) is 75.5 Å². The van der Waals surface area contributed by atoms with Crippen molar-refractivity contribution < 1.29 is 22.7 Å². The maximum absolute atomic E-state index is 12.6. The Morgan fingerprint density at radius 2 is 2.14 bits per heavy atom.